The topological polar surface area (TPSA) is 30.7 Å². The molecule has 0 N–H and O–H groups in total. The summed E-state index contributed by atoms with van der Waals surface area (Å²) in [5, 5.41) is 0.761. The third kappa shape index (κ3) is 4.86. The van der Waals surface area contributed by atoms with E-state index in [1.807, 2.05) is 72.8 Å². The molecule has 2 aromatic heterocycles. The quantitative estimate of drug-likeness (QED) is 0.196. The molecule has 3 nitrogen and oxygen atoms in total. The maximum Gasteiger partial charge on any atom is 0.165 e. The van der Waals surface area contributed by atoms with Crippen LogP contribution in [0, 0.1) is 0 Å². The van der Waals surface area contributed by atoms with Gasteiger partial charge in [-0.25, -0.2) is 9.97 Å². The Morgan fingerprint density at radius 1 is 0.426 bits per heavy atom. The van der Waals surface area contributed by atoms with Crippen molar-refractivity contribution in [2.45, 2.75) is 0 Å². The second kappa shape index (κ2) is 11.2. The van der Waals surface area contributed by atoms with Crippen molar-refractivity contribution in [3.8, 4) is 50.2 Å². The Labute approximate surface area is 280 Å². The first kappa shape index (κ1) is 22.2. The van der Waals surface area contributed by atoms with Crippen LogP contribution in [-0.4, -0.2) is 14.5 Å². The Balaban J connectivity index is 1.28. The first-order valence-electron chi connectivity index (χ1n) is 18.0. The van der Waals surface area contributed by atoms with E-state index in [1.54, 1.807) is 4.57 Å². The molecule has 9 rings (SSSR count). The van der Waals surface area contributed by atoms with Crippen LogP contribution < -0.4 is 0 Å². The van der Waals surface area contributed by atoms with Gasteiger partial charge in [-0.2, -0.15) is 0 Å². The number of hydrogen-bond donors (Lipinski definition) is 0. The lowest BCUT2D eigenvalue weighted by molar-refractivity contribution is 1.14. The Bertz CT molecular complexity index is 2800. The molecule has 0 unspecified atom stereocenters. The molecule has 0 saturated carbocycles. The largest absolute Gasteiger partial charge is 0.293 e. The van der Waals surface area contributed by atoms with Gasteiger partial charge in [-0.3, -0.25) is 4.57 Å². The average molecular weight is 605 g/mol. The van der Waals surface area contributed by atoms with Crippen molar-refractivity contribution in [3.63, 3.8) is 0 Å². The van der Waals surface area contributed by atoms with Gasteiger partial charge in [0.1, 0.15) is 5.52 Å². The zero-order valence-electron chi connectivity index (χ0n) is 30.2. The smallest absolute Gasteiger partial charge is 0.165 e. The lowest BCUT2D eigenvalue weighted by Gasteiger charge is -2.12. The number of benzene rings is 7. The van der Waals surface area contributed by atoms with Gasteiger partial charge < -0.3 is 0 Å². The second-order valence-corrected chi connectivity index (χ2v) is 11.5. The van der Waals surface area contributed by atoms with Crippen LogP contribution in [0.25, 0.3) is 83.3 Å². The molecular formula is C44H29N3. The molecule has 0 bridgehead atoms. The number of para-hydroxylation sites is 3. The van der Waals surface area contributed by atoms with Crippen LogP contribution >= 0.6 is 0 Å². The van der Waals surface area contributed by atoms with Crippen LogP contribution in [0.4, 0.5) is 0 Å². The van der Waals surface area contributed by atoms with Gasteiger partial charge in [-0.15, -0.1) is 0 Å². The van der Waals surface area contributed by atoms with Crippen molar-refractivity contribution >= 4 is 33.1 Å². The summed E-state index contributed by atoms with van der Waals surface area (Å²) in [6.45, 7) is 0. The molecule has 7 aromatic carbocycles. The van der Waals surface area contributed by atoms with Crippen molar-refractivity contribution in [1.82, 2.24) is 14.5 Å². The molecule has 3 heteroatoms. The average Bonchev–Trinajstić information content (AvgIpc) is 3.51. The SMILES string of the molecule is [2H]c1c([2H])c([2H])c(-n2c3ccc(-c4cc(-c5ccccc5)cc(-c5ccc(-c6ccccc6)cc5)c4)cc3c3nc4ccccc4nc32)c([2H])c1[2H]. The maximum atomic E-state index is 8.83. The van der Waals surface area contributed by atoms with Gasteiger partial charge >= 0.3 is 0 Å². The maximum absolute atomic E-state index is 8.83. The molecule has 47 heavy (non-hydrogen) atoms. The minimum Gasteiger partial charge on any atom is -0.293 e. The van der Waals surface area contributed by atoms with Crippen LogP contribution in [-0.2, 0) is 0 Å². The van der Waals surface area contributed by atoms with E-state index >= 15 is 0 Å². The number of nitrogens with zero attached hydrogens (tertiary/aromatic N) is 3. The van der Waals surface area contributed by atoms with Gasteiger partial charge in [0.2, 0.25) is 0 Å². The lowest BCUT2D eigenvalue weighted by Crippen LogP contribution is -1.96. The molecule has 0 saturated heterocycles. The first-order valence-corrected chi connectivity index (χ1v) is 15.5. The number of fused-ring (bicyclic) bond motifs is 4. The minimum absolute atomic E-state index is 0.0376. The van der Waals surface area contributed by atoms with Crippen LogP contribution in [0.2, 0.25) is 0 Å². The van der Waals surface area contributed by atoms with Crippen molar-refractivity contribution in [1.29, 1.82) is 0 Å². The molecular weight excluding hydrogens is 571 g/mol. The lowest BCUT2D eigenvalue weighted by atomic mass is 9.92. The van der Waals surface area contributed by atoms with E-state index in [9.17, 15) is 0 Å². The summed E-state index contributed by atoms with van der Waals surface area (Å²) in [5.41, 5.74) is 11.6. The summed E-state index contributed by atoms with van der Waals surface area (Å²) >= 11 is 0. The molecule has 0 aliphatic heterocycles. The second-order valence-electron chi connectivity index (χ2n) is 11.5. The van der Waals surface area contributed by atoms with E-state index in [2.05, 4.69) is 72.8 Å². The van der Waals surface area contributed by atoms with Gasteiger partial charge in [0.25, 0.3) is 0 Å². The monoisotopic (exact) mass is 604 g/mol. The molecule has 0 aliphatic rings. The van der Waals surface area contributed by atoms with Crippen molar-refractivity contribution in [3.05, 3.63) is 176 Å². The van der Waals surface area contributed by atoms with E-state index in [0.717, 1.165) is 44.3 Å². The molecule has 0 atom stereocenters. The number of hydrogen-bond acceptors (Lipinski definition) is 2. The predicted octanol–water partition coefficient (Wildman–Crippen LogP) is 11.4. The van der Waals surface area contributed by atoms with Crippen LogP contribution in [0.15, 0.2) is 176 Å². The molecule has 220 valence electrons. The van der Waals surface area contributed by atoms with E-state index in [1.165, 1.54) is 5.56 Å². The highest BCUT2D eigenvalue weighted by Gasteiger charge is 2.17. The number of rotatable bonds is 5. The molecule has 0 radical (unpaired) electrons. The fourth-order valence-electron chi connectivity index (χ4n) is 6.37. The first-order chi connectivity index (χ1) is 25.4. The summed E-state index contributed by atoms with van der Waals surface area (Å²) in [7, 11) is 0. The minimum atomic E-state index is -0.442. The predicted molar refractivity (Wildman–Crippen MR) is 196 cm³/mol. The standard InChI is InChI=1S/C44H29N3/c1-4-12-30(13-5-1)32-20-22-33(23-21-32)36-26-35(31-14-6-2-7-15-31)27-37(28-36)34-24-25-42-39(29-34)43-44(47(42)38-16-8-3-9-17-38)46-41-19-11-10-18-40(41)45-43/h1-29H/i3D,8D,9D,16D,17D. The molecule has 0 spiro atoms. The fraction of sp³-hybridized carbons (Fsp3) is 0. The van der Waals surface area contributed by atoms with E-state index in [-0.39, 0.29) is 17.8 Å². The van der Waals surface area contributed by atoms with Crippen LogP contribution in [0.3, 0.4) is 0 Å². The van der Waals surface area contributed by atoms with Crippen molar-refractivity contribution in [2.24, 2.45) is 0 Å². The summed E-state index contributed by atoms with van der Waals surface area (Å²) < 4.78 is 44.3. The highest BCUT2D eigenvalue weighted by atomic mass is 15.1. The highest BCUT2D eigenvalue weighted by Crippen LogP contribution is 2.37. The zero-order valence-corrected chi connectivity index (χ0v) is 25.2. The van der Waals surface area contributed by atoms with Crippen molar-refractivity contribution < 1.29 is 6.85 Å². The third-order valence-electron chi connectivity index (χ3n) is 8.67. The summed E-state index contributed by atoms with van der Waals surface area (Å²) in [6.07, 6.45) is 0. The molecule has 0 aliphatic carbocycles. The van der Waals surface area contributed by atoms with Gasteiger partial charge in [-0.1, -0.05) is 121 Å². The Hall–Kier alpha value is -6.32. The molecule has 2 heterocycles. The van der Waals surface area contributed by atoms with Crippen LogP contribution in [0.1, 0.15) is 6.85 Å². The molecule has 9 aromatic rings. The number of aromatic nitrogens is 3. The van der Waals surface area contributed by atoms with Crippen LogP contribution in [0.5, 0.6) is 0 Å². The van der Waals surface area contributed by atoms with E-state index < -0.39 is 18.1 Å². The molecule has 0 amide bonds. The fourth-order valence-corrected chi connectivity index (χ4v) is 6.37. The van der Waals surface area contributed by atoms with E-state index in [0.29, 0.717) is 27.7 Å². The van der Waals surface area contributed by atoms with Gasteiger partial charge in [0, 0.05) is 11.1 Å². The zero-order chi connectivity index (χ0) is 35.5. The Morgan fingerprint density at radius 2 is 0.915 bits per heavy atom. The van der Waals surface area contributed by atoms with E-state index in [4.69, 9.17) is 16.8 Å². The summed E-state index contributed by atoms with van der Waals surface area (Å²) in [5.74, 6) is 0. The third-order valence-corrected chi connectivity index (χ3v) is 8.67. The molecule has 0 fully saturated rings. The van der Waals surface area contributed by atoms with Gasteiger partial charge in [0.05, 0.1) is 23.4 Å². The van der Waals surface area contributed by atoms with Crippen molar-refractivity contribution in [2.75, 3.05) is 0 Å². The van der Waals surface area contributed by atoms with Gasteiger partial charge in [0.15, 0.2) is 5.65 Å². The summed E-state index contributed by atoms with van der Waals surface area (Å²) in [6, 6.07) is 47.6. The Kier molecular flexibility index (Phi) is 5.32. The Morgan fingerprint density at radius 3 is 1.55 bits per heavy atom. The highest BCUT2D eigenvalue weighted by molar-refractivity contribution is 6.09. The van der Waals surface area contributed by atoms with Gasteiger partial charge in [-0.05, 0) is 99.1 Å². The summed E-state index contributed by atoms with van der Waals surface area (Å²) in [4.78, 5) is 9.99. The normalized spacial score (nSPS) is 12.9.